The van der Waals surface area contributed by atoms with E-state index in [9.17, 15) is 8.42 Å². The van der Waals surface area contributed by atoms with Gasteiger partial charge in [0.15, 0.2) is 9.84 Å². The van der Waals surface area contributed by atoms with Gasteiger partial charge in [-0.2, -0.15) is 4.98 Å². The molecule has 0 radical (unpaired) electrons. The second kappa shape index (κ2) is 9.43. The van der Waals surface area contributed by atoms with Gasteiger partial charge in [0.25, 0.3) is 0 Å². The number of pyridine rings is 1. The monoisotopic (exact) mass is 532 g/mol. The molecule has 1 aliphatic heterocycles. The van der Waals surface area contributed by atoms with E-state index >= 15 is 0 Å². The lowest BCUT2D eigenvalue weighted by molar-refractivity contribution is 0.282. The minimum atomic E-state index is -2.94. The van der Waals surface area contributed by atoms with Crippen molar-refractivity contribution in [3.63, 3.8) is 0 Å². The lowest BCUT2D eigenvalue weighted by atomic mass is 9.81. The summed E-state index contributed by atoms with van der Waals surface area (Å²) in [5.41, 5.74) is 3.31. The van der Waals surface area contributed by atoms with Gasteiger partial charge in [0.05, 0.1) is 23.1 Å². The highest BCUT2D eigenvalue weighted by molar-refractivity contribution is 7.92. The molecule has 3 fully saturated rings. The van der Waals surface area contributed by atoms with Crippen LogP contribution in [0, 0.1) is 5.92 Å². The van der Waals surface area contributed by atoms with Crippen LogP contribution in [0.15, 0.2) is 35.6 Å². The maximum Gasteiger partial charge on any atom is 0.230 e. The zero-order chi connectivity index (χ0) is 25.7. The molecule has 1 spiro atoms. The number of aromatic nitrogens is 4. The summed E-state index contributed by atoms with van der Waals surface area (Å²) in [4.78, 5) is 18.9. The van der Waals surface area contributed by atoms with E-state index in [0.717, 1.165) is 62.4 Å². The van der Waals surface area contributed by atoms with E-state index in [2.05, 4.69) is 38.2 Å². The Balaban J connectivity index is 1.05. The summed E-state index contributed by atoms with van der Waals surface area (Å²) in [7, 11) is -2.94. The van der Waals surface area contributed by atoms with Gasteiger partial charge in [0, 0.05) is 29.7 Å². The van der Waals surface area contributed by atoms with Gasteiger partial charge in [0.1, 0.15) is 11.5 Å². The van der Waals surface area contributed by atoms with Crippen LogP contribution in [0.1, 0.15) is 87.8 Å². The van der Waals surface area contributed by atoms with Crippen molar-refractivity contribution >= 4 is 38.9 Å². The third-order valence-electron chi connectivity index (χ3n) is 9.21. The SMILES string of the molecule is O=S(=O)(CC1CC1)C1CCC(c2ccc(Nc3ncc4cc5n(c4n3)C3(C=NC5)CCCCC3)nc2)CC1. The molecule has 7 rings (SSSR count). The average Bonchev–Trinajstić information content (AvgIpc) is 3.66. The molecular weight excluding hydrogens is 496 g/mol. The van der Waals surface area contributed by atoms with Crippen molar-refractivity contribution < 1.29 is 8.42 Å². The molecule has 4 heterocycles. The summed E-state index contributed by atoms with van der Waals surface area (Å²) < 4.78 is 27.8. The number of hydrogen-bond donors (Lipinski definition) is 1. The first-order chi connectivity index (χ1) is 18.5. The summed E-state index contributed by atoms with van der Waals surface area (Å²) in [5.74, 6) is 2.47. The molecule has 0 bridgehead atoms. The fourth-order valence-corrected chi connectivity index (χ4v) is 9.19. The smallest absolute Gasteiger partial charge is 0.230 e. The Morgan fingerprint density at radius 1 is 0.974 bits per heavy atom. The van der Waals surface area contributed by atoms with Crippen molar-refractivity contribution in [1.82, 2.24) is 19.5 Å². The van der Waals surface area contributed by atoms with Crippen molar-refractivity contribution in [1.29, 1.82) is 0 Å². The molecule has 1 N–H and O–H groups in total. The summed E-state index contributed by atoms with van der Waals surface area (Å²) >= 11 is 0. The van der Waals surface area contributed by atoms with Crippen LogP contribution in [0.25, 0.3) is 11.0 Å². The number of nitrogens with zero attached hydrogens (tertiary/aromatic N) is 5. The Bertz CT molecular complexity index is 1460. The van der Waals surface area contributed by atoms with E-state index in [1.807, 2.05) is 18.5 Å². The topological polar surface area (TPSA) is 102 Å². The first-order valence-electron chi connectivity index (χ1n) is 14.3. The van der Waals surface area contributed by atoms with Gasteiger partial charge >= 0.3 is 0 Å². The predicted molar refractivity (Wildman–Crippen MR) is 150 cm³/mol. The number of sulfone groups is 1. The van der Waals surface area contributed by atoms with Gasteiger partial charge < -0.3 is 9.88 Å². The molecule has 0 atom stereocenters. The Hall–Kier alpha value is -2.81. The van der Waals surface area contributed by atoms with Crippen LogP contribution < -0.4 is 5.32 Å². The number of anilines is 2. The van der Waals surface area contributed by atoms with Gasteiger partial charge in [-0.05, 0) is 80.9 Å². The van der Waals surface area contributed by atoms with Crippen LogP contribution in [-0.4, -0.2) is 45.2 Å². The van der Waals surface area contributed by atoms with Crippen molar-refractivity contribution in [2.75, 3.05) is 11.1 Å². The molecule has 0 saturated heterocycles. The standard InChI is InChI=1S/C29H36N6O2S/c36-38(37,18-20-4-5-20)25-9-6-21(7-10-25)22-8-11-26(31-15-22)33-28-32-16-23-14-24-17-30-19-29(12-2-1-3-13-29)35(24)27(23)34-28/h8,11,14-16,19-21,25H,1-7,9-10,12-13,17-18H2,(H,31,32,33,34). The Morgan fingerprint density at radius 2 is 1.79 bits per heavy atom. The first-order valence-corrected chi connectivity index (χ1v) is 16.0. The van der Waals surface area contributed by atoms with Gasteiger partial charge in [-0.15, -0.1) is 0 Å². The second-order valence-corrected chi connectivity index (χ2v) is 14.3. The van der Waals surface area contributed by atoms with E-state index in [1.165, 1.54) is 30.5 Å². The van der Waals surface area contributed by atoms with Crippen LogP contribution in [0.2, 0.25) is 0 Å². The van der Waals surface area contributed by atoms with Crippen molar-refractivity contribution in [3.8, 4) is 0 Å². The minimum Gasteiger partial charge on any atom is -0.316 e. The van der Waals surface area contributed by atoms with Crippen LogP contribution in [-0.2, 0) is 21.9 Å². The minimum absolute atomic E-state index is 0.0602. The highest BCUT2D eigenvalue weighted by atomic mass is 32.2. The van der Waals surface area contributed by atoms with Crippen molar-refractivity contribution in [3.05, 3.63) is 41.9 Å². The lowest BCUT2D eigenvalue weighted by Gasteiger charge is -2.39. The number of aliphatic imine (C=N–C) groups is 1. The molecular formula is C29H36N6O2S. The summed E-state index contributed by atoms with van der Waals surface area (Å²) in [6.07, 6.45) is 17.5. The zero-order valence-corrected chi connectivity index (χ0v) is 22.7. The highest BCUT2D eigenvalue weighted by Gasteiger charge is 2.38. The van der Waals surface area contributed by atoms with Gasteiger partial charge in [-0.25, -0.2) is 18.4 Å². The molecule has 8 nitrogen and oxygen atoms in total. The number of fused-ring (bicyclic) bond motifs is 4. The Morgan fingerprint density at radius 3 is 2.53 bits per heavy atom. The maximum absolute atomic E-state index is 12.7. The van der Waals surface area contributed by atoms with E-state index in [4.69, 9.17) is 9.98 Å². The second-order valence-electron chi connectivity index (χ2n) is 11.9. The largest absolute Gasteiger partial charge is 0.316 e. The molecule has 0 amide bonds. The van der Waals surface area contributed by atoms with Gasteiger partial charge in [-0.3, -0.25) is 4.99 Å². The van der Waals surface area contributed by atoms with E-state index in [0.29, 0.717) is 35.9 Å². The molecule has 9 heteroatoms. The lowest BCUT2D eigenvalue weighted by Crippen LogP contribution is -2.40. The van der Waals surface area contributed by atoms with Gasteiger partial charge in [0.2, 0.25) is 5.95 Å². The molecule has 3 saturated carbocycles. The van der Waals surface area contributed by atoms with E-state index in [1.54, 1.807) is 0 Å². The van der Waals surface area contributed by atoms with Crippen LogP contribution in [0.5, 0.6) is 0 Å². The Labute approximate surface area is 224 Å². The van der Waals surface area contributed by atoms with Crippen molar-refractivity contribution in [2.45, 2.75) is 93.9 Å². The Kier molecular flexibility index (Phi) is 6.02. The average molecular weight is 533 g/mol. The van der Waals surface area contributed by atoms with E-state index in [-0.39, 0.29) is 10.8 Å². The zero-order valence-electron chi connectivity index (χ0n) is 21.8. The molecule has 200 valence electrons. The highest BCUT2D eigenvalue weighted by Crippen LogP contribution is 2.40. The maximum atomic E-state index is 12.7. The van der Waals surface area contributed by atoms with Crippen LogP contribution in [0.4, 0.5) is 11.8 Å². The molecule has 0 aromatic carbocycles. The number of nitrogens with one attached hydrogen (secondary N) is 1. The van der Waals surface area contributed by atoms with Gasteiger partial charge in [-0.1, -0.05) is 25.3 Å². The first kappa shape index (κ1) is 24.2. The van der Waals surface area contributed by atoms with E-state index < -0.39 is 9.84 Å². The summed E-state index contributed by atoms with van der Waals surface area (Å²) in [6, 6.07) is 6.29. The van der Waals surface area contributed by atoms with Crippen molar-refractivity contribution in [2.24, 2.45) is 10.9 Å². The van der Waals surface area contributed by atoms with Crippen LogP contribution in [0.3, 0.4) is 0 Å². The van der Waals surface area contributed by atoms with Crippen LogP contribution >= 0.6 is 0 Å². The third kappa shape index (κ3) is 4.52. The number of hydrogen-bond acceptors (Lipinski definition) is 7. The summed E-state index contributed by atoms with van der Waals surface area (Å²) in [6.45, 7) is 0.693. The predicted octanol–water partition coefficient (Wildman–Crippen LogP) is 5.66. The molecule has 3 aromatic rings. The molecule has 0 unspecified atom stereocenters. The molecule has 3 aromatic heterocycles. The number of rotatable bonds is 6. The quantitative estimate of drug-likeness (QED) is 0.439. The fraction of sp³-hybridized carbons (Fsp3) is 0.586. The summed E-state index contributed by atoms with van der Waals surface area (Å²) in [5, 5.41) is 4.21. The normalized spacial score (nSPS) is 24.9. The molecule has 4 aliphatic rings. The third-order valence-corrected chi connectivity index (χ3v) is 11.6. The molecule has 38 heavy (non-hydrogen) atoms. The fourth-order valence-electron chi connectivity index (χ4n) is 6.94. The molecule has 3 aliphatic carbocycles.